The van der Waals surface area contributed by atoms with Crippen LogP contribution in [0.2, 0.25) is 0 Å². The third-order valence-corrected chi connectivity index (χ3v) is 2.66. The van der Waals surface area contributed by atoms with Gasteiger partial charge in [-0.1, -0.05) is 19.8 Å². The topological polar surface area (TPSA) is 38.3 Å². The Hall–Kier alpha value is -0.730. The molecule has 1 amide bonds. The lowest BCUT2D eigenvalue weighted by atomic mass is 9.89. The van der Waals surface area contributed by atoms with Crippen molar-refractivity contribution in [3.63, 3.8) is 0 Å². The number of rotatable bonds is 2. The SMILES string of the molecule is COC(=O)NCC1(C)CCCC1. The molecule has 0 aliphatic heterocycles. The second-order valence-corrected chi connectivity index (χ2v) is 3.86. The van der Waals surface area contributed by atoms with Gasteiger partial charge in [0.1, 0.15) is 0 Å². The fraction of sp³-hybridized carbons (Fsp3) is 0.889. The Bertz CT molecular complexity index is 162. The molecule has 1 fully saturated rings. The summed E-state index contributed by atoms with van der Waals surface area (Å²) in [4.78, 5) is 10.8. The van der Waals surface area contributed by atoms with Crippen LogP contribution < -0.4 is 5.32 Å². The molecule has 1 N–H and O–H groups in total. The fourth-order valence-electron chi connectivity index (χ4n) is 1.76. The molecule has 0 aromatic carbocycles. The lowest BCUT2D eigenvalue weighted by molar-refractivity contribution is 0.164. The van der Waals surface area contributed by atoms with Gasteiger partial charge in [-0.25, -0.2) is 4.79 Å². The maximum absolute atomic E-state index is 10.8. The third-order valence-electron chi connectivity index (χ3n) is 2.66. The lowest BCUT2D eigenvalue weighted by Crippen LogP contribution is -2.33. The molecule has 0 atom stereocenters. The minimum atomic E-state index is -0.317. The Kier molecular flexibility index (Phi) is 2.95. The van der Waals surface area contributed by atoms with Crippen molar-refractivity contribution in [1.29, 1.82) is 0 Å². The van der Waals surface area contributed by atoms with E-state index in [4.69, 9.17) is 0 Å². The van der Waals surface area contributed by atoms with Crippen LogP contribution in [0.3, 0.4) is 0 Å². The van der Waals surface area contributed by atoms with Crippen LogP contribution in [0.5, 0.6) is 0 Å². The van der Waals surface area contributed by atoms with Gasteiger partial charge in [0.2, 0.25) is 0 Å². The molecule has 0 bridgehead atoms. The summed E-state index contributed by atoms with van der Waals surface area (Å²) in [6, 6.07) is 0. The van der Waals surface area contributed by atoms with Crippen LogP contribution in [0.15, 0.2) is 0 Å². The molecule has 0 spiro atoms. The molecule has 0 unspecified atom stereocenters. The average Bonchev–Trinajstić information content (AvgIpc) is 2.49. The standard InChI is InChI=1S/C9H17NO2/c1-9(5-3-4-6-9)7-10-8(11)12-2/h3-7H2,1-2H3,(H,10,11). The summed E-state index contributed by atoms with van der Waals surface area (Å²) in [5, 5.41) is 2.75. The van der Waals surface area contributed by atoms with Crippen molar-refractivity contribution in [2.45, 2.75) is 32.6 Å². The van der Waals surface area contributed by atoms with E-state index in [1.165, 1.54) is 32.8 Å². The number of hydrogen-bond acceptors (Lipinski definition) is 2. The molecule has 1 aliphatic carbocycles. The Morgan fingerprint density at radius 2 is 2.08 bits per heavy atom. The van der Waals surface area contributed by atoms with Crippen molar-refractivity contribution in [3.05, 3.63) is 0 Å². The number of hydrogen-bond donors (Lipinski definition) is 1. The zero-order valence-electron chi connectivity index (χ0n) is 7.85. The van der Waals surface area contributed by atoms with E-state index >= 15 is 0 Å². The highest BCUT2D eigenvalue weighted by Crippen LogP contribution is 2.36. The van der Waals surface area contributed by atoms with Gasteiger partial charge in [0, 0.05) is 6.54 Å². The number of methoxy groups -OCH3 is 1. The fourth-order valence-corrected chi connectivity index (χ4v) is 1.76. The van der Waals surface area contributed by atoms with Gasteiger partial charge < -0.3 is 10.1 Å². The highest BCUT2D eigenvalue weighted by molar-refractivity contribution is 5.66. The Labute approximate surface area is 73.5 Å². The molecule has 0 heterocycles. The number of ether oxygens (including phenoxy) is 1. The van der Waals surface area contributed by atoms with E-state index in [1.807, 2.05) is 0 Å². The monoisotopic (exact) mass is 171 g/mol. The van der Waals surface area contributed by atoms with Crippen LogP contribution in [-0.2, 0) is 4.74 Å². The number of amides is 1. The predicted octanol–water partition coefficient (Wildman–Crippen LogP) is 1.92. The Morgan fingerprint density at radius 3 is 2.58 bits per heavy atom. The molecule has 70 valence electrons. The van der Waals surface area contributed by atoms with Gasteiger partial charge in [0.05, 0.1) is 7.11 Å². The van der Waals surface area contributed by atoms with Gasteiger partial charge in [0.25, 0.3) is 0 Å². The van der Waals surface area contributed by atoms with Crippen LogP contribution in [0.4, 0.5) is 4.79 Å². The first-order chi connectivity index (χ1) is 5.66. The second-order valence-electron chi connectivity index (χ2n) is 3.86. The Balaban J connectivity index is 2.25. The summed E-state index contributed by atoms with van der Waals surface area (Å²) in [6.07, 6.45) is 4.70. The summed E-state index contributed by atoms with van der Waals surface area (Å²) >= 11 is 0. The van der Waals surface area contributed by atoms with Crippen molar-refractivity contribution >= 4 is 6.09 Å². The maximum atomic E-state index is 10.8. The van der Waals surface area contributed by atoms with Crippen LogP contribution in [-0.4, -0.2) is 19.7 Å². The van der Waals surface area contributed by atoms with E-state index in [1.54, 1.807) is 0 Å². The molecule has 0 radical (unpaired) electrons. The van der Waals surface area contributed by atoms with Crippen molar-refractivity contribution < 1.29 is 9.53 Å². The van der Waals surface area contributed by atoms with E-state index in [2.05, 4.69) is 17.0 Å². The highest BCUT2D eigenvalue weighted by atomic mass is 16.5. The largest absolute Gasteiger partial charge is 0.453 e. The first-order valence-electron chi connectivity index (χ1n) is 4.48. The van der Waals surface area contributed by atoms with E-state index < -0.39 is 0 Å². The van der Waals surface area contributed by atoms with Gasteiger partial charge in [0.15, 0.2) is 0 Å². The zero-order chi connectivity index (χ0) is 9.03. The molecule has 12 heavy (non-hydrogen) atoms. The van der Waals surface area contributed by atoms with E-state index in [0.717, 1.165) is 6.54 Å². The minimum absolute atomic E-state index is 0.314. The quantitative estimate of drug-likeness (QED) is 0.689. The zero-order valence-corrected chi connectivity index (χ0v) is 7.85. The van der Waals surface area contributed by atoms with Crippen molar-refractivity contribution in [2.75, 3.05) is 13.7 Å². The van der Waals surface area contributed by atoms with Crippen molar-refractivity contribution in [1.82, 2.24) is 5.32 Å². The van der Waals surface area contributed by atoms with Crippen LogP contribution in [0.1, 0.15) is 32.6 Å². The lowest BCUT2D eigenvalue weighted by Gasteiger charge is -2.22. The normalized spacial score (nSPS) is 20.5. The summed E-state index contributed by atoms with van der Waals surface area (Å²) in [7, 11) is 1.40. The molecular formula is C9H17NO2. The number of carbonyl (C=O) groups excluding carboxylic acids is 1. The maximum Gasteiger partial charge on any atom is 0.406 e. The van der Waals surface area contributed by atoms with Gasteiger partial charge in [-0.05, 0) is 18.3 Å². The highest BCUT2D eigenvalue weighted by Gasteiger charge is 2.28. The van der Waals surface area contributed by atoms with Gasteiger partial charge in [-0.15, -0.1) is 0 Å². The molecule has 3 heteroatoms. The molecular weight excluding hydrogens is 154 g/mol. The summed E-state index contributed by atoms with van der Waals surface area (Å²) < 4.78 is 4.50. The van der Waals surface area contributed by atoms with E-state index in [9.17, 15) is 4.79 Å². The van der Waals surface area contributed by atoms with Crippen molar-refractivity contribution in [3.8, 4) is 0 Å². The smallest absolute Gasteiger partial charge is 0.406 e. The van der Waals surface area contributed by atoms with Crippen LogP contribution in [0.25, 0.3) is 0 Å². The molecule has 1 aliphatic rings. The van der Waals surface area contributed by atoms with Crippen molar-refractivity contribution in [2.24, 2.45) is 5.41 Å². The molecule has 0 saturated heterocycles. The first kappa shape index (κ1) is 9.36. The molecule has 3 nitrogen and oxygen atoms in total. The average molecular weight is 171 g/mol. The third kappa shape index (κ3) is 2.40. The Morgan fingerprint density at radius 1 is 1.50 bits per heavy atom. The predicted molar refractivity (Wildman–Crippen MR) is 47.0 cm³/mol. The molecule has 1 saturated carbocycles. The number of carbonyl (C=O) groups is 1. The number of nitrogens with one attached hydrogen (secondary N) is 1. The molecule has 0 aromatic heterocycles. The van der Waals surface area contributed by atoms with Crippen LogP contribution >= 0.6 is 0 Å². The van der Waals surface area contributed by atoms with Crippen LogP contribution in [0, 0.1) is 5.41 Å². The van der Waals surface area contributed by atoms with Gasteiger partial charge in [-0.2, -0.15) is 0 Å². The van der Waals surface area contributed by atoms with Gasteiger partial charge >= 0.3 is 6.09 Å². The van der Waals surface area contributed by atoms with Gasteiger partial charge in [-0.3, -0.25) is 0 Å². The summed E-state index contributed by atoms with van der Waals surface area (Å²) in [5.41, 5.74) is 0.314. The first-order valence-corrected chi connectivity index (χ1v) is 4.48. The second kappa shape index (κ2) is 3.78. The molecule has 0 aromatic rings. The minimum Gasteiger partial charge on any atom is -0.453 e. The summed E-state index contributed by atoms with van der Waals surface area (Å²) in [6.45, 7) is 2.97. The van der Waals surface area contributed by atoms with E-state index in [-0.39, 0.29) is 6.09 Å². The number of alkyl carbamates (subject to hydrolysis) is 1. The molecule has 1 rings (SSSR count). The van der Waals surface area contributed by atoms with E-state index in [0.29, 0.717) is 5.41 Å². The summed E-state index contributed by atoms with van der Waals surface area (Å²) in [5.74, 6) is 0.